The quantitative estimate of drug-likeness (QED) is 0.156. The number of ether oxygens (including phenoxy) is 1. The van der Waals surface area contributed by atoms with Gasteiger partial charge in [0.15, 0.2) is 5.00 Å². The van der Waals surface area contributed by atoms with E-state index < -0.39 is 0 Å². The summed E-state index contributed by atoms with van der Waals surface area (Å²) in [5.74, 6) is 0.765. The van der Waals surface area contributed by atoms with Gasteiger partial charge < -0.3 is 4.74 Å². The number of fused-ring (bicyclic) bond motifs is 1. The standard InChI is InChI=1S/C30H25ClN6OS/c1-18-9-11-20(12-10-18)26-17-27(24-16-21-15-23(38-3)13-14-25(21)33-28(24)31)37(36-26)30-32-19(2)29(39-30)35-34-22-7-5-4-6-8-22/h4-16,27H,17H2,1-3H3. The fraction of sp³-hybridized carbons (Fsp3) is 0.167. The van der Waals surface area contributed by atoms with Gasteiger partial charge in [-0.1, -0.05) is 71.0 Å². The largest absolute Gasteiger partial charge is 0.497 e. The van der Waals surface area contributed by atoms with E-state index in [0.717, 1.165) is 55.0 Å². The van der Waals surface area contributed by atoms with E-state index in [1.54, 1.807) is 7.11 Å². The average Bonchev–Trinajstić information content (AvgIpc) is 3.56. The van der Waals surface area contributed by atoms with Gasteiger partial charge in [0, 0.05) is 17.4 Å². The number of hydrogen-bond donors (Lipinski definition) is 0. The highest BCUT2D eigenvalue weighted by atomic mass is 35.5. The van der Waals surface area contributed by atoms with E-state index in [0.29, 0.717) is 11.6 Å². The molecule has 6 rings (SSSR count). The molecule has 3 aromatic carbocycles. The van der Waals surface area contributed by atoms with Crippen molar-refractivity contribution in [3.8, 4) is 5.75 Å². The molecule has 39 heavy (non-hydrogen) atoms. The summed E-state index contributed by atoms with van der Waals surface area (Å²) in [6, 6.07) is 25.7. The first-order valence-electron chi connectivity index (χ1n) is 12.5. The van der Waals surface area contributed by atoms with Crippen LogP contribution in [0.2, 0.25) is 5.15 Å². The molecule has 1 unspecified atom stereocenters. The Morgan fingerprint density at radius 3 is 2.51 bits per heavy atom. The fourth-order valence-corrected chi connectivity index (χ4v) is 5.68. The van der Waals surface area contributed by atoms with E-state index >= 15 is 0 Å². The molecule has 0 saturated carbocycles. The van der Waals surface area contributed by atoms with Crippen LogP contribution in [0.1, 0.15) is 34.8 Å². The van der Waals surface area contributed by atoms with Crippen LogP contribution < -0.4 is 9.75 Å². The summed E-state index contributed by atoms with van der Waals surface area (Å²) in [5, 5.41) is 18.7. The fourth-order valence-electron chi connectivity index (χ4n) is 4.52. The van der Waals surface area contributed by atoms with Gasteiger partial charge in [0.1, 0.15) is 10.9 Å². The van der Waals surface area contributed by atoms with Crippen LogP contribution >= 0.6 is 22.9 Å². The smallest absolute Gasteiger partial charge is 0.208 e. The Labute approximate surface area is 235 Å². The van der Waals surface area contributed by atoms with Gasteiger partial charge in [0.2, 0.25) is 5.13 Å². The molecule has 0 N–H and O–H groups in total. The Bertz CT molecular complexity index is 1720. The number of anilines is 1. The first-order chi connectivity index (χ1) is 19.0. The summed E-state index contributed by atoms with van der Waals surface area (Å²) >= 11 is 8.26. The maximum Gasteiger partial charge on any atom is 0.208 e. The van der Waals surface area contributed by atoms with E-state index in [1.807, 2.05) is 60.5 Å². The number of benzene rings is 3. The van der Waals surface area contributed by atoms with Crippen molar-refractivity contribution >= 4 is 55.4 Å². The van der Waals surface area contributed by atoms with E-state index in [9.17, 15) is 0 Å². The van der Waals surface area contributed by atoms with Gasteiger partial charge >= 0.3 is 0 Å². The van der Waals surface area contributed by atoms with Crippen LogP contribution in [0, 0.1) is 13.8 Å². The van der Waals surface area contributed by atoms with Gasteiger partial charge in [0.25, 0.3) is 0 Å². The molecular weight excluding hydrogens is 528 g/mol. The summed E-state index contributed by atoms with van der Waals surface area (Å²) in [7, 11) is 1.66. The molecule has 0 aliphatic carbocycles. The molecule has 3 heterocycles. The Hall–Kier alpha value is -4.14. The molecule has 7 nitrogen and oxygen atoms in total. The number of methoxy groups -OCH3 is 1. The molecule has 0 bridgehead atoms. The third-order valence-corrected chi connectivity index (χ3v) is 7.96. The van der Waals surface area contributed by atoms with Gasteiger partial charge in [-0.3, -0.25) is 0 Å². The molecule has 0 radical (unpaired) electrons. The topological polar surface area (TPSA) is 75.3 Å². The van der Waals surface area contributed by atoms with Crippen LogP contribution in [-0.4, -0.2) is 22.8 Å². The minimum atomic E-state index is -0.193. The van der Waals surface area contributed by atoms with Crippen molar-refractivity contribution in [2.75, 3.05) is 12.1 Å². The molecule has 1 atom stereocenters. The maximum absolute atomic E-state index is 6.81. The van der Waals surface area contributed by atoms with Crippen molar-refractivity contribution in [2.24, 2.45) is 15.3 Å². The van der Waals surface area contributed by atoms with Gasteiger partial charge in [-0.15, -0.1) is 10.2 Å². The highest BCUT2D eigenvalue weighted by molar-refractivity contribution is 7.19. The van der Waals surface area contributed by atoms with Crippen LogP contribution in [0.4, 0.5) is 15.8 Å². The molecule has 0 fully saturated rings. The molecular formula is C30H25ClN6OS. The second kappa shape index (κ2) is 10.6. The molecule has 5 aromatic rings. The lowest BCUT2D eigenvalue weighted by Gasteiger charge is -2.22. The van der Waals surface area contributed by atoms with E-state index in [4.69, 9.17) is 31.4 Å². The van der Waals surface area contributed by atoms with E-state index in [1.165, 1.54) is 16.9 Å². The zero-order valence-corrected chi connectivity index (χ0v) is 23.2. The van der Waals surface area contributed by atoms with Crippen molar-refractivity contribution in [3.63, 3.8) is 0 Å². The molecule has 0 saturated heterocycles. The van der Waals surface area contributed by atoms with Crippen LogP contribution in [0.5, 0.6) is 5.75 Å². The lowest BCUT2D eigenvalue weighted by atomic mass is 9.98. The highest BCUT2D eigenvalue weighted by Crippen LogP contribution is 2.44. The van der Waals surface area contributed by atoms with Crippen LogP contribution in [-0.2, 0) is 0 Å². The molecule has 194 valence electrons. The Morgan fingerprint density at radius 2 is 1.74 bits per heavy atom. The zero-order chi connectivity index (χ0) is 26.9. The number of hydrazone groups is 1. The van der Waals surface area contributed by atoms with Gasteiger partial charge in [-0.2, -0.15) is 5.10 Å². The lowest BCUT2D eigenvalue weighted by molar-refractivity contribution is 0.415. The van der Waals surface area contributed by atoms with Crippen molar-refractivity contribution < 1.29 is 4.74 Å². The summed E-state index contributed by atoms with van der Waals surface area (Å²) < 4.78 is 5.44. The lowest BCUT2D eigenvalue weighted by Crippen LogP contribution is -2.19. The van der Waals surface area contributed by atoms with Crippen molar-refractivity contribution in [1.82, 2.24) is 9.97 Å². The third kappa shape index (κ3) is 5.13. The number of hydrogen-bond acceptors (Lipinski definition) is 8. The second-order valence-electron chi connectivity index (χ2n) is 9.33. The van der Waals surface area contributed by atoms with Crippen LogP contribution in [0.15, 0.2) is 94.2 Å². The maximum atomic E-state index is 6.81. The summed E-state index contributed by atoms with van der Waals surface area (Å²) in [6.07, 6.45) is 0.652. The highest BCUT2D eigenvalue weighted by Gasteiger charge is 2.34. The second-order valence-corrected chi connectivity index (χ2v) is 10.6. The van der Waals surface area contributed by atoms with Crippen LogP contribution in [0.25, 0.3) is 10.9 Å². The summed E-state index contributed by atoms with van der Waals surface area (Å²) in [4.78, 5) is 9.54. The Kier molecular flexibility index (Phi) is 6.81. The number of aromatic nitrogens is 2. The predicted octanol–water partition coefficient (Wildman–Crippen LogP) is 8.74. The van der Waals surface area contributed by atoms with Crippen molar-refractivity contribution in [2.45, 2.75) is 26.3 Å². The normalized spacial score (nSPS) is 15.3. The first kappa shape index (κ1) is 25.2. The zero-order valence-electron chi connectivity index (χ0n) is 21.7. The van der Waals surface area contributed by atoms with Crippen molar-refractivity contribution in [3.05, 3.63) is 106 Å². The number of nitrogens with zero attached hydrogens (tertiary/aromatic N) is 6. The third-order valence-electron chi connectivity index (χ3n) is 6.63. The monoisotopic (exact) mass is 552 g/mol. The average molecular weight is 553 g/mol. The SMILES string of the molecule is COc1ccc2nc(Cl)c(C3CC(c4ccc(C)cc4)=NN3c3nc(C)c(N=Nc4ccccc4)s3)cc2c1. The number of aryl methyl sites for hydroxylation is 2. The Balaban J connectivity index is 1.42. The van der Waals surface area contributed by atoms with E-state index in [-0.39, 0.29) is 6.04 Å². The molecule has 9 heteroatoms. The van der Waals surface area contributed by atoms with Gasteiger partial charge in [-0.25, -0.2) is 15.0 Å². The number of rotatable bonds is 6. The number of pyridine rings is 1. The molecule has 1 aliphatic heterocycles. The van der Waals surface area contributed by atoms with Gasteiger partial charge in [-0.05, 0) is 55.8 Å². The van der Waals surface area contributed by atoms with E-state index in [2.05, 4.69) is 47.5 Å². The minimum absolute atomic E-state index is 0.193. The van der Waals surface area contributed by atoms with Gasteiger partial charge in [0.05, 0.1) is 35.8 Å². The molecule has 0 amide bonds. The van der Waals surface area contributed by atoms with Crippen molar-refractivity contribution in [1.29, 1.82) is 0 Å². The summed E-state index contributed by atoms with van der Waals surface area (Å²) in [6.45, 7) is 4.01. The number of azo groups is 1. The molecule has 1 aliphatic rings. The molecule has 0 spiro atoms. The molecule has 2 aromatic heterocycles. The number of halogens is 1. The Morgan fingerprint density at radius 1 is 0.949 bits per heavy atom. The summed E-state index contributed by atoms with van der Waals surface area (Å²) in [5.41, 5.74) is 6.49. The number of thiazole rings is 1. The first-order valence-corrected chi connectivity index (χ1v) is 13.7. The minimum Gasteiger partial charge on any atom is -0.497 e. The predicted molar refractivity (Wildman–Crippen MR) is 158 cm³/mol. The van der Waals surface area contributed by atoms with Crippen LogP contribution in [0.3, 0.4) is 0 Å².